The van der Waals surface area contributed by atoms with E-state index in [1.165, 1.54) is 4.68 Å². The Morgan fingerprint density at radius 2 is 1.91 bits per heavy atom. The molecule has 2 heterocycles. The molecule has 0 aliphatic carbocycles. The predicted octanol–water partition coefficient (Wildman–Crippen LogP) is 2.22. The Kier molecular flexibility index (Phi) is 4.46. The van der Waals surface area contributed by atoms with Crippen LogP contribution < -0.4 is 5.32 Å². The molecule has 1 N–H and O–H groups in total. The maximum atomic E-state index is 12.2. The summed E-state index contributed by atoms with van der Waals surface area (Å²) in [5.74, 6) is 0.194. The van der Waals surface area contributed by atoms with Gasteiger partial charge in [0.05, 0.1) is 24.3 Å². The number of carbonyl (C=O) groups is 1. The molecule has 0 fully saturated rings. The molecule has 0 spiro atoms. The molecule has 0 atom stereocenters. The molecule has 0 aliphatic rings. The molecule has 3 rings (SSSR count). The van der Waals surface area contributed by atoms with Gasteiger partial charge in [0.25, 0.3) is 0 Å². The monoisotopic (exact) mass is 313 g/mol. The molecule has 0 aliphatic heterocycles. The summed E-state index contributed by atoms with van der Waals surface area (Å²) in [7, 11) is 0. The van der Waals surface area contributed by atoms with Crippen molar-refractivity contribution in [1.82, 2.24) is 19.6 Å². The van der Waals surface area contributed by atoms with Crippen LogP contribution in [0.15, 0.2) is 54.9 Å². The molecule has 7 heteroatoms. The second-order valence-electron chi connectivity index (χ2n) is 4.97. The molecular formula is C16H16FN5O. The summed E-state index contributed by atoms with van der Waals surface area (Å²) >= 11 is 0. The number of rotatable bonds is 6. The van der Waals surface area contributed by atoms with Crippen LogP contribution in [0.1, 0.15) is 5.69 Å². The van der Waals surface area contributed by atoms with E-state index < -0.39 is 6.67 Å². The van der Waals surface area contributed by atoms with Crippen molar-refractivity contribution in [3.05, 3.63) is 60.6 Å². The number of para-hydroxylation sites is 1. The molecule has 0 radical (unpaired) electrons. The van der Waals surface area contributed by atoms with Crippen molar-refractivity contribution >= 4 is 11.7 Å². The van der Waals surface area contributed by atoms with E-state index in [4.69, 9.17) is 0 Å². The molecule has 1 amide bonds. The number of hydrogen-bond donors (Lipinski definition) is 1. The van der Waals surface area contributed by atoms with Crippen molar-refractivity contribution in [2.75, 3.05) is 12.0 Å². The minimum Gasteiger partial charge on any atom is -0.309 e. The first-order valence-corrected chi connectivity index (χ1v) is 7.24. The number of nitrogens with one attached hydrogen (secondary N) is 1. The van der Waals surface area contributed by atoms with Gasteiger partial charge in [-0.3, -0.25) is 9.48 Å². The molecule has 3 aromatic rings. The van der Waals surface area contributed by atoms with Gasteiger partial charge in [-0.2, -0.15) is 10.2 Å². The zero-order chi connectivity index (χ0) is 16.1. The molecule has 118 valence electrons. The van der Waals surface area contributed by atoms with Crippen molar-refractivity contribution in [1.29, 1.82) is 0 Å². The number of nitrogens with zero attached hydrogens (tertiary/aromatic N) is 4. The maximum absolute atomic E-state index is 12.2. The Morgan fingerprint density at radius 3 is 2.70 bits per heavy atom. The van der Waals surface area contributed by atoms with E-state index in [-0.39, 0.29) is 18.9 Å². The third-order valence-corrected chi connectivity index (χ3v) is 3.23. The first kappa shape index (κ1) is 15.0. The molecule has 0 bridgehead atoms. The van der Waals surface area contributed by atoms with Gasteiger partial charge in [0, 0.05) is 18.5 Å². The van der Waals surface area contributed by atoms with Gasteiger partial charge in [-0.1, -0.05) is 18.2 Å². The highest BCUT2D eigenvalue weighted by molar-refractivity contribution is 5.91. The zero-order valence-corrected chi connectivity index (χ0v) is 12.4. The lowest BCUT2D eigenvalue weighted by Gasteiger charge is -2.01. The second-order valence-corrected chi connectivity index (χ2v) is 4.97. The van der Waals surface area contributed by atoms with E-state index in [1.54, 1.807) is 23.0 Å². The number of aryl methyl sites for hydroxylation is 1. The Balaban J connectivity index is 1.60. The van der Waals surface area contributed by atoms with E-state index >= 15 is 0 Å². The molecule has 23 heavy (non-hydrogen) atoms. The topological polar surface area (TPSA) is 64.7 Å². The number of aromatic nitrogens is 4. The largest absolute Gasteiger partial charge is 0.309 e. The van der Waals surface area contributed by atoms with Crippen LogP contribution in [0.3, 0.4) is 0 Å². The number of benzene rings is 1. The highest BCUT2D eigenvalue weighted by Gasteiger charge is 2.09. The summed E-state index contributed by atoms with van der Waals surface area (Å²) in [5.41, 5.74) is 1.60. The highest BCUT2D eigenvalue weighted by Crippen LogP contribution is 2.08. The fourth-order valence-corrected chi connectivity index (χ4v) is 2.17. The van der Waals surface area contributed by atoms with E-state index in [0.29, 0.717) is 11.5 Å². The Morgan fingerprint density at radius 1 is 1.09 bits per heavy atom. The van der Waals surface area contributed by atoms with E-state index in [2.05, 4.69) is 15.5 Å². The van der Waals surface area contributed by atoms with Gasteiger partial charge in [0.1, 0.15) is 6.67 Å². The Bertz CT molecular complexity index is 781. The first-order chi connectivity index (χ1) is 11.2. The van der Waals surface area contributed by atoms with Gasteiger partial charge in [0.2, 0.25) is 5.91 Å². The van der Waals surface area contributed by atoms with Gasteiger partial charge in [-0.15, -0.1) is 0 Å². The van der Waals surface area contributed by atoms with Crippen LogP contribution in [0.5, 0.6) is 0 Å². The standard InChI is InChI=1S/C16H16FN5O/c17-8-11-21-9-7-15(20-21)18-16(23)12-13-6-10-22(19-13)14-4-2-1-3-5-14/h1-7,9-10H,8,11-12H2,(H,18,20,23). The number of carbonyl (C=O) groups excluding carboxylic acids is 1. The van der Waals surface area contributed by atoms with Gasteiger partial charge >= 0.3 is 0 Å². The average molecular weight is 313 g/mol. The fourth-order valence-electron chi connectivity index (χ4n) is 2.17. The Labute approximate surface area is 132 Å². The van der Waals surface area contributed by atoms with Crippen molar-refractivity contribution in [2.45, 2.75) is 13.0 Å². The van der Waals surface area contributed by atoms with Crippen LogP contribution >= 0.6 is 0 Å². The zero-order valence-electron chi connectivity index (χ0n) is 12.4. The van der Waals surface area contributed by atoms with Crippen LogP contribution in [-0.4, -0.2) is 32.1 Å². The molecule has 0 saturated carbocycles. The van der Waals surface area contributed by atoms with Crippen LogP contribution in [-0.2, 0) is 17.8 Å². The molecular weight excluding hydrogens is 297 g/mol. The quantitative estimate of drug-likeness (QED) is 0.759. The molecule has 0 saturated heterocycles. The van der Waals surface area contributed by atoms with Crippen LogP contribution in [0.25, 0.3) is 5.69 Å². The van der Waals surface area contributed by atoms with E-state index in [9.17, 15) is 9.18 Å². The fraction of sp³-hybridized carbons (Fsp3) is 0.188. The summed E-state index contributed by atoms with van der Waals surface area (Å²) in [6.07, 6.45) is 3.59. The predicted molar refractivity (Wildman–Crippen MR) is 84.1 cm³/mol. The summed E-state index contributed by atoms with van der Waals surface area (Å²) in [4.78, 5) is 12.0. The summed E-state index contributed by atoms with van der Waals surface area (Å²) in [6, 6.07) is 13.1. The van der Waals surface area contributed by atoms with Gasteiger partial charge < -0.3 is 5.32 Å². The van der Waals surface area contributed by atoms with Crippen LogP contribution in [0.2, 0.25) is 0 Å². The summed E-state index contributed by atoms with van der Waals surface area (Å²) < 4.78 is 15.4. The second kappa shape index (κ2) is 6.87. The summed E-state index contributed by atoms with van der Waals surface area (Å²) in [5, 5.41) is 11.1. The first-order valence-electron chi connectivity index (χ1n) is 7.24. The van der Waals surface area contributed by atoms with Gasteiger partial charge in [-0.05, 0) is 18.2 Å². The smallest absolute Gasteiger partial charge is 0.231 e. The SMILES string of the molecule is O=C(Cc1ccn(-c2ccccc2)n1)Nc1ccn(CCF)n1. The maximum Gasteiger partial charge on any atom is 0.231 e. The number of anilines is 1. The van der Waals surface area contributed by atoms with Gasteiger partial charge in [0.15, 0.2) is 5.82 Å². The number of amides is 1. The van der Waals surface area contributed by atoms with Crippen molar-refractivity contribution in [3.8, 4) is 5.69 Å². The number of hydrogen-bond acceptors (Lipinski definition) is 3. The van der Waals surface area contributed by atoms with E-state index in [1.807, 2.05) is 36.5 Å². The van der Waals surface area contributed by atoms with Crippen molar-refractivity contribution < 1.29 is 9.18 Å². The molecule has 1 aromatic carbocycles. The number of halogens is 1. The third-order valence-electron chi connectivity index (χ3n) is 3.23. The normalized spacial score (nSPS) is 10.7. The van der Waals surface area contributed by atoms with Crippen LogP contribution in [0, 0.1) is 0 Å². The van der Waals surface area contributed by atoms with Crippen molar-refractivity contribution in [3.63, 3.8) is 0 Å². The van der Waals surface area contributed by atoms with Gasteiger partial charge in [-0.25, -0.2) is 9.07 Å². The van der Waals surface area contributed by atoms with E-state index in [0.717, 1.165) is 5.69 Å². The minimum atomic E-state index is -0.494. The third kappa shape index (κ3) is 3.82. The molecule has 6 nitrogen and oxygen atoms in total. The highest BCUT2D eigenvalue weighted by atomic mass is 19.1. The lowest BCUT2D eigenvalue weighted by molar-refractivity contribution is -0.115. The Hall–Kier alpha value is -2.96. The van der Waals surface area contributed by atoms with Crippen LogP contribution in [0.4, 0.5) is 10.2 Å². The molecule has 0 unspecified atom stereocenters. The minimum absolute atomic E-state index is 0.149. The number of alkyl halides is 1. The summed E-state index contributed by atoms with van der Waals surface area (Å²) in [6.45, 7) is -0.316. The lowest BCUT2D eigenvalue weighted by atomic mass is 10.3. The van der Waals surface area contributed by atoms with Crippen molar-refractivity contribution in [2.24, 2.45) is 0 Å². The lowest BCUT2D eigenvalue weighted by Crippen LogP contribution is -2.15. The molecule has 2 aromatic heterocycles. The average Bonchev–Trinajstić information content (AvgIpc) is 3.18.